The van der Waals surface area contributed by atoms with Crippen molar-refractivity contribution in [3.63, 3.8) is 0 Å². The molecule has 0 radical (unpaired) electrons. The summed E-state index contributed by atoms with van der Waals surface area (Å²) in [6.45, 7) is 3.65. The molecule has 4 nitrogen and oxygen atoms in total. The first kappa shape index (κ1) is 16.5. The highest BCUT2D eigenvalue weighted by molar-refractivity contribution is 5.67. The Kier molecular flexibility index (Phi) is 6.12. The van der Waals surface area contributed by atoms with E-state index in [9.17, 15) is 4.79 Å². The molecule has 1 heterocycles. The van der Waals surface area contributed by atoms with Gasteiger partial charge >= 0.3 is 5.97 Å². The lowest BCUT2D eigenvalue weighted by Crippen LogP contribution is -1.95. The van der Waals surface area contributed by atoms with Gasteiger partial charge < -0.3 is 9.15 Å². The third kappa shape index (κ3) is 5.11. The molecule has 0 unspecified atom stereocenters. The minimum atomic E-state index is -0.211. The average Bonchev–Trinajstić information content (AvgIpc) is 3.11. The summed E-state index contributed by atoms with van der Waals surface area (Å²) < 4.78 is 9.66. The molecule has 2 aromatic carbocycles. The van der Waals surface area contributed by atoms with E-state index in [0.717, 1.165) is 5.56 Å². The predicted octanol–water partition coefficient (Wildman–Crippen LogP) is 4.58. The first-order valence-corrected chi connectivity index (χ1v) is 7.39. The predicted molar refractivity (Wildman–Crippen MR) is 89.7 cm³/mol. The van der Waals surface area contributed by atoms with Crippen molar-refractivity contribution in [1.82, 2.24) is 4.98 Å². The van der Waals surface area contributed by atoms with Crippen LogP contribution in [0.25, 0.3) is 22.6 Å². The van der Waals surface area contributed by atoms with Gasteiger partial charge in [0.1, 0.15) is 6.26 Å². The van der Waals surface area contributed by atoms with Gasteiger partial charge in [0.05, 0.1) is 12.8 Å². The highest BCUT2D eigenvalue weighted by Crippen LogP contribution is 2.23. The van der Waals surface area contributed by atoms with Gasteiger partial charge in [-0.2, -0.15) is 0 Å². The lowest BCUT2D eigenvalue weighted by atomic mass is 10.0. The van der Waals surface area contributed by atoms with Gasteiger partial charge in [0.2, 0.25) is 5.89 Å². The van der Waals surface area contributed by atoms with E-state index in [4.69, 9.17) is 4.42 Å². The van der Waals surface area contributed by atoms with Crippen LogP contribution in [0.3, 0.4) is 0 Å². The molecular formula is C19H19NO3. The molecule has 0 saturated carbocycles. The standard InChI is InChI=1S/C15H11NO.C4H8O2/c1-2-4-12(5-3-1)13-6-8-14(9-7-13)15-16-10-11-17-15;1-3-6-4(2)5/h1-11H;3H2,1-2H3. The highest BCUT2D eigenvalue weighted by Gasteiger charge is 2.02. The third-order valence-electron chi connectivity index (χ3n) is 3.02. The van der Waals surface area contributed by atoms with Crippen molar-refractivity contribution in [3.8, 4) is 22.6 Å². The van der Waals surface area contributed by atoms with Gasteiger partial charge in [-0.3, -0.25) is 4.79 Å². The molecule has 0 aliphatic rings. The van der Waals surface area contributed by atoms with E-state index in [2.05, 4.69) is 34.0 Å². The Labute approximate surface area is 135 Å². The van der Waals surface area contributed by atoms with Crippen LogP contribution in [0.4, 0.5) is 0 Å². The molecule has 4 heteroatoms. The highest BCUT2D eigenvalue weighted by atomic mass is 16.5. The van der Waals surface area contributed by atoms with E-state index in [0.29, 0.717) is 12.5 Å². The minimum Gasteiger partial charge on any atom is -0.466 e. The fourth-order valence-corrected chi connectivity index (χ4v) is 2.01. The summed E-state index contributed by atoms with van der Waals surface area (Å²) in [5.41, 5.74) is 3.40. The molecule has 0 bridgehead atoms. The van der Waals surface area contributed by atoms with Gasteiger partial charge in [0, 0.05) is 12.5 Å². The summed E-state index contributed by atoms with van der Waals surface area (Å²) in [5, 5.41) is 0. The van der Waals surface area contributed by atoms with Gasteiger partial charge in [-0.15, -0.1) is 0 Å². The zero-order chi connectivity index (χ0) is 16.5. The lowest BCUT2D eigenvalue weighted by molar-refractivity contribution is -0.140. The molecular weight excluding hydrogens is 290 g/mol. The van der Waals surface area contributed by atoms with E-state index in [-0.39, 0.29) is 5.97 Å². The van der Waals surface area contributed by atoms with Crippen LogP contribution in [0.15, 0.2) is 71.5 Å². The summed E-state index contributed by atoms with van der Waals surface area (Å²) in [6, 6.07) is 18.5. The molecule has 0 amide bonds. The van der Waals surface area contributed by atoms with Crippen LogP contribution in [0.5, 0.6) is 0 Å². The number of benzene rings is 2. The molecule has 3 rings (SSSR count). The SMILES string of the molecule is CCOC(C)=O.c1ccc(-c2ccc(-c3ncco3)cc2)cc1. The van der Waals surface area contributed by atoms with Crippen molar-refractivity contribution >= 4 is 5.97 Å². The van der Waals surface area contributed by atoms with E-state index in [1.807, 2.05) is 30.3 Å². The maximum Gasteiger partial charge on any atom is 0.302 e. The third-order valence-corrected chi connectivity index (χ3v) is 3.02. The van der Waals surface area contributed by atoms with Crippen molar-refractivity contribution < 1.29 is 13.9 Å². The molecule has 0 fully saturated rings. The maximum atomic E-state index is 9.82. The number of hydrogen-bond donors (Lipinski definition) is 0. The molecule has 1 aromatic heterocycles. The fourth-order valence-electron chi connectivity index (χ4n) is 2.01. The van der Waals surface area contributed by atoms with Crippen molar-refractivity contribution in [3.05, 3.63) is 67.1 Å². The van der Waals surface area contributed by atoms with Crippen LogP contribution in [0, 0.1) is 0 Å². The van der Waals surface area contributed by atoms with Crippen molar-refractivity contribution in [2.24, 2.45) is 0 Å². The van der Waals surface area contributed by atoms with Gasteiger partial charge in [-0.1, -0.05) is 42.5 Å². The normalized spacial score (nSPS) is 9.65. The maximum absolute atomic E-state index is 9.82. The second-order valence-electron chi connectivity index (χ2n) is 4.71. The molecule has 3 aromatic rings. The number of aromatic nitrogens is 1. The van der Waals surface area contributed by atoms with Crippen LogP contribution >= 0.6 is 0 Å². The van der Waals surface area contributed by atoms with Crippen molar-refractivity contribution in [1.29, 1.82) is 0 Å². The van der Waals surface area contributed by atoms with Gasteiger partial charge in [-0.25, -0.2) is 4.98 Å². The first-order chi connectivity index (χ1) is 11.2. The Morgan fingerprint density at radius 2 is 1.61 bits per heavy atom. The summed E-state index contributed by atoms with van der Waals surface area (Å²) in [7, 11) is 0. The van der Waals surface area contributed by atoms with Crippen LogP contribution in [0.1, 0.15) is 13.8 Å². The summed E-state index contributed by atoms with van der Waals surface area (Å²) in [4.78, 5) is 13.9. The van der Waals surface area contributed by atoms with E-state index in [1.165, 1.54) is 18.1 Å². The molecule has 118 valence electrons. The monoisotopic (exact) mass is 309 g/mol. The number of oxazole rings is 1. The Bertz CT molecular complexity index is 704. The number of carbonyl (C=O) groups is 1. The quantitative estimate of drug-likeness (QED) is 0.665. The van der Waals surface area contributed by atoms with Crippen LogP contribution in [-0.2, 0) is 9.53 Å². The zero-order valence-corrected chi connectivity index (χ0v) is 13.2. The van der Waals surface area contributed by atoms with Gasteiger partial charge in [0.25, 0.3) is 0 Å². The van der Waals surface area contributed by atoms with E-state index >= 15 is 0 Å². The summed E-state index contributed by atoms with van der Waals surface area (Å²) in [5.74, 6) is 0.446. The van der Waals surface area contributed by atoms with Crippen molar-refractivity contribution in [2.75, 3.05) is 6.61 Å². The Balaban J connectivity index is 0.000000277. The van der Waals surface area contributed by atoms with Crippen LogP contribution < -0.4 is 0 Å². The number of hydrogen-bond acceptors (Lipinski definition) is 4. The Hall–Kier alpha value is -2.88. The molecule has 0 aliphatic carbocycles. The lowest BCUT2D eigenvalue weighted by Gasteiger charge is -2.02. The number of ether oxygens (including phenoxy) is 1. The van der Waals surface area contributed by atoms with Gasteiger partial charge in [0.15, 0.2) is 0 Å². The molecule has 0 spiro atoms. The smallest absolute Gasteiger partial charge is 0.302 e. The molecule has 0 atom stereocenters. The van der Waals surface area contributed by atoms with E-state index < -0.39 is 0 Å². The van der Waals surface area contributed by atoms with Crippen LogP contribution in [-0.4, -0.2) is 17.6 Å². The number of esters is 1. The molecule has 23 heavy (non-hydrogen) atoms. The summed E-state index contributed by atoms with van der Waals surface area (Å²) in [6.07, 6.45) is 3.24. The first-order valence-electron chi connectivity index (χ1n) is 7.39. The van der Waals surface area contributed by atoms with Gasteiger partial charge in [-0.05, 0) is 30.2 Å². The largest absolute Gasteiger partial charge is 0.466 e. The minimum absolute atomic E-state index is 0.211. The molecule has 0 aliphatic heterocycles. The fraction of sp³-hybridized carbons (Fsp3) is 0.158. The van der Waals surface area contributed by atoms with Crippen molar-refractivity contribution in [2.45, 2.75) is 13.8 Å². The summed E-state index contributed by atoms with van der Waals surface area (Å²) >= 11 is 0. The number of rotatable bonds is 3. The molecule has 0 N–H and O–H groups in total. The van der Waals surface area contributed by atoms with Crippen LogP contribution in [0.2, 0.25) is 0 Å². The zero-order valence-electron chi connectivity index (χ0n) is 13.2. The molecule has 0 saturated heterocycles. The Morgan fingerprint density at radius 3 is 2.09 bits per heavy atom. The Morgan fingerprint density at radius 1 is 1.00 bits per heavy atom. The van der Waals surface area contributed by atoms with E-state index in [1.54, 1.807) is 19.4 Å². The topological polar surface area (TPSA) is 52.3 Å². The average molecular weight is 309 g/mol. The second-order valence-corrected chi connectivity index (χ2v) is 4.71. The second kappa shape index (κ2) is 8.54. The number of nitrogens with zero attached hydrogens (tertiary/aromatic N) is 1. The number of carbonyl (C=O) groups excluding carboxylic acids is 1.